The fourth-order valence-electron chi connectivity index (χ4n) is 2.30. The van der Waals surface area contributed by atoms with Crippen LogP contribution in [0.4, 0.5) is 17.6 Å². The zero-order valence-corrected chi connectivity index (χ0v) is 13.4. The minimum Gasteiger partial charge on any atom is -0.483 e. The van der Waals surface area contributed by atoms with Crippen LogP contribution in [-0.2, 0) is 6.61 Å². The van der Waals surface area contributed by atoms with Crippen molar-refractivity contribution in [3.8, 4) is 5.75 Å². The van der Waals surface area contributed by atoms with Crippen LogP contribution in [0.3, 0.4) is 0 Å². The number of halogens is 5. The number of aryl methyl sites for hydroxylation is 1. The summed E-state index contributed by atoms with van der Waals surface area (Å²) in [6.45, 7) is 1.17. The molecule has 0 spiro atoms. The third-order valence-electron chi connectivity index (χ3n) is 3.55. The Bertz CT molecular complexity index is 1020. The zero-order valence-electron chi connectivity index (χ0n) is 12.6. The van der Waals surface area contributed by atoms with E-state index in [2.05, 4.69) is 0 Å². The Hall–Kier alpha value is -2.54. The lowest BCUT2D eigenvalue weighted by Crippen LogP contribution is -2.07. The van der Waals surface area contributed by atoms with Gasteiger partial charge in [-0.1, -0.05) is 11.6 Å². The molecule has 3 rings (SSSR count). The van der Waals surface area contributed by atoms with E-state index in [1.807, 2.05) is 0 Å². The zero-order chi connectivity index (χ0) is 18.3. The van der Waals surface area contributed by atoms with Crippen molar-refractivity contribution in [2.24, 2.45) is 0 Å². The van der Waals surface area contributed by atoms with Gasteiger partial charge < -0.3 is 9.15 Å². The highest BCUT2D eigenvalue weighted by Gasteiger charge is 2.21. The number of hydrogen-bond donors (Lipinski definition) is 0. The summed E-state index contributed by atoms with van der Waals surface area (Å²) < 4.78 is 63.7. The summed E-state index contributed by atoms with van der Waals surface area (Å²) in [4.78, 5) is 11.6. The molecule has 3 nitrogen and oxygen atoms in total. The lowest BCUT2D eigenvalue weighted by Gasteiger charge is -2.11. The molecule has 8 heteroatoms. The normalized spacial score (nSPS) is 11.1. The highest BCUT2D eigenvalue weighted by molar-refractivity contribution is 6.32. The first-order valence-corrected chi connectivity index (χ1v) is 7.34. The Morgan fingerprint density at radius 2 is 1.68 bits per heavy atom. The van der Waals surface area contributed by atoms with E-state index in [1.165, 1.54) is 12.1 Å². The lowest BCUT2D eigenvalue weighted by molar-refractivity contribution is 0.262. The summed E-state index contributed by atoms with van der Waals surface area (Å²) in [6.07, 6.45) is 0. The van der Waals surface area contributed by atoms with Crippen molar-refractivity contribution in [1.82, 2.24) is 0 Å². The molecule has 1 heterocycles. The molecule has 25 heavy (non-hydrogen) atoms. The summed E-state index contributed by atoms with van der Waals surface area (Å²) in [5.41, 5.74) is 0.315. The smallest absolute Gasteiger partial charge is 0.336 e. The second-order valence-electron chi connectivity index (χ2n) is 5.27. The Labute approximate surface area is 143 Å². The van der Waals surface area contributed by atoms with Crippen molar-refractivity contribution in [2.75, 3.05) is 0 Å². The van der Waals surface area contributed by atoms with Gasteiger partial charge in [-0.05, 0) is 24.6 Å². The van der Waals surface area contributed by atoms with Crippen molar-refractivity contribution < 1.29 is 26.7 Å². The van der Waals surface area contributed by atoms with Gasteiger partial charge in [-0.25, -0.2) is 13.6 Å². The monoisotopic (exact) mass is 372 g/mol. The summed E-state index contributed by atoms with van der Waals surface area (Å²) >= 11 is 6.03. The molecule has 0 bridgehead atoms. The molecule has 0 unspecified atom stereocenters. The van der Waals surface area contributed by atoms with Crippen LogP contribution >= 0.6 is 11.6 Å². The molecule has 1 aromatic heterocycles. The fourth-order valence-corrected chi connectivity index (χ4v) is 2.46. The van der Waals surface area contributed by atoms with Gasteiger partial charge in [0.1, 0.15) is 12.2 Å². The predicted octanol–water partition coefficient (Wildman–Crippen LogP) is 4.89. The van der Waals surface area contributed by atoms with Gasteiger partial charge >= 0.3 is 5.63 Å². The maximum atomic E-state index is 13.6. The van der Waals surface area contributed by atoms with Gasteiger partial charge in [0.2, 0.25) is 11.6 Å². The Balaban J connectivity index is 2.05. The van der Waals surface area contributed by atoms with Crippen LogP contribution in [0.2, 0.25) is 5.02 Å². The van der Waals surface area contributed by atoms with E-state index in [4.69, 9.17) is 20.8 Å². The minimum absolute atomic E-state index is 0.0760. The van der Waals surface area contributed by atoms with Crippen LogP contribution in [0.1, 0.15) is 11.1 Å². The largest absolute Gasteiger partial charge is 0.483 e. The highest BCUT2D eigenvalue weighted by atomic mass is 35.5. The first-order valence-electron chi connectivity index (χ1n) is 6.96. The van der Waals surface area contributed by atoms with Gasteiger partial charge in [0.15, 0.2) is 17.4 Å². The van der Waals surface area contributed by atoms with Crippen LogP contribution in [-0.4, -0.2) is 0 Å². The topological polar surface area (TPSA) is 39.4 Å². The van der Waals surface area contributed by atoms with Gasteiger partial charge in [0, 0.05) is 28.1 Å². The van der Waals surface area contributed by atoms with E-state index >= 15 is 0 Å². The molecular formula is C17H9ClF4O3. The predicted molar refractivity (Wildman–Crippen MR) is 82.8 cm³/mol. The molecule has 0 amide bonds. The fraction of sp³-hybridized carbons (Fsp3) is 0.118. The summed E-state index contributed by atoms with van der Waals surface area (Å²) in [7, 11) is 0. The van der Waals surface area contributed by atoms with E-state index in [0.717, 1.165) is 6.07 Å². The molecule has 130 valence electrons. The second-order valence-corrected chi connectivity index (χ2v) is 5.68. The molecule has 0 aliphatic heterocycles. The Morgan fingerprint density at radius 3 is 2.32 bits per heavy atom. The molecule has 0 radical (unpaired) electrons. The Kier molecular flexibility index (Phi) is 4.43. The number of rotatable bonds is 3. The number of ether oxygens (including phenoxy) is 1. The van der Waals surface area contributed by atoms with Gasteiger partial charge in [-0.2, -0.15) is 8.78 Å². The third-order valence-corrected chi connectivity index (χ3v) is 3.96. The molecule has 0 saturated heterocycles. The van der Waals surface area contributed by atoms with E-state index in [0.29, 0.717) is 16.0 Å². The highest BCUT2D eigenvalue weighted by Crippen LogP contribution is 2.29. The van der Waals surface area contributed by atoms with E-state index in [9.17, 15) is 22.4 Å². The molecule has 0 atom stereocenters. The second kappa shape index (κ2) is 6.40. The van der Waals surface area contributed by atoms with Crippen molar-refractivity contribution >= 4 is 22.6 Å². The van der Waals surface area contributed by atoms with E-state index < -0.39 is 41.3 Å². The average Bonchev–Trinajstić information content (AvgIpc) is 2.54. The van der Waals surface area contributed by atoms with Crippen LogP contribution in [0.15, 0.2) is 33.5 Å². The van der Waals surface area contributed by atoms with E-state index in [1.54, 1.807) is 6.92 Å². The molecule has 0 N–H and O–H groups in total. The van der Waals surface area contributed by atoms with Crippen molar-refractivity contribution in [3.63, 3.8) is 0 Å². The molecule has 0 aliphatic carbocycles. The maximum absolute atomic E-state index is 13.6. The van der Waals surface area contributed by atoms with Gasteiger partial charge in [0.25, 0.3) is 0 Å². The summed E-state index contributed by atoms with van der Waals surface area (Å²) in [5.74, 6) is -7.73. The molecule has 2 aromatic carbocycles. The SMILES string of the molecule is Cc1cc2oc(=O)cc(COc3c(F)c(F)cc(F)c3F)c2cc1Cl. The Morgan fingerprint density at radius 1 is 1.04 bits per heavy atom. The van der Waals surface area contributed by atoms with Crippen LogP contribution < -0.4 is 10.4 Å². The number of hydrogen-bond acceptors (Lipinski definition) is 3. The first kappa shape index (κ1) is 17.3. The molecule has 0 saturated carbocycles. The number of benzene rings is 2. The quantitative estimate of drug-likeness (QED) is 0.373. The van der Waals surface area contributed by atoms with Crippen LogP contribution in [0.5, 0.6) is 5.75 Å². The first-order chi connectivity index (χ1) is 11.8. The van der Waals surface area contributed by atoms with Gasteiger partial charge in [-0.15, -0.1) is 0 Å². The lowest BCUT2D eigenvalue weighted by atomic mass is 10.1. The van der Waals surface area contributed by atoms with E-state index in [-0.39, 0.29) is 17.2 Å². The standard InChI is InChI=1S/C17H9ClF4O3/c1-7-2-13-9(4-10(7)18)8(3-14(23)25-13)6-24-17-15(21)11(19)5-12(20)16(17)22/h2-5H,6H2,1H3. The molecular weight excluding hydrogens is 364 g/mol. The number of fused-ring (bicyclic) bond motifs is 1. The van der Waals surface area contributed by atoms with Crippen molar-refractivity contribution in [1.29, 1.82) is 0 Å². The van der Waals surface area contributed by atoms with Crippen LogP contribution in [0.25, 0.3) is 11.0 Å². The maximum Gasteiger partial charge on any atom is 0.336 e. The molecule has 0 aliphatic rings. The minimum atomic E-state index is -1.67. The molecule has 3 aromatic rings. The van der Waals surface area contributed by atoms with Gasteiger partial charge in [0.05, 0.1) is 0 Å². The van der Waals surface area contributed by atoms with Crippen LogP contribution in [0, 0.1) is 30.2 Å². The van der Waals surface area contributed by atoms with Crippen molar-refractivity contribution in [2.45, 2.75) is 13.5 Å². The average molecular weight is 373 g/mol. The van der Waals surface area contributed by atoms with Gasteiger partial charge in [-0.3, -0.25) is 0 Å². The summed E-state index contributed by atoms with van der Waals surface area (Å²) in [6, 6.07) is 4.13. The summed E-state index contributed by atoms with van der Waals surface area (Å²) in [5, 5.41) is 0.740. The molecule has 0 fully saturated rings. The third kappa shape index (κ3) is 3.19. The van der Waals surface area contributed by atoms with Crippen molar-refractivity contribution in [3.05, 3.63) is 74.1 Å².